The highest BCUT2D eigenvalue weighted by atomic mass is 35.5. The van der Waals surface area contributed by atoms with Crippen LogP contribution in [-0.4, -0.2) is 37.8 Å². The number of sulfonamides is 1. The average Bonchev–Trinajstić information content (AvgIpc) is 3.20. The molecule has 0 aliphatic heterocycles. The van der Waals surface area contributed by atoms with Crippen molar-refractivity contribution in [3.05, 3.63) is 77.1 Å². The lowest BCUT2D eigenvalue weighted by atomic mass is 10.1. The molecule has 1 unspecified atom stereocenters. The number of nitrogens with zero attached hydrogens (tertiary/aromatic N) is 2. The minimum Gasteiger partial charge on any atom is -0.496 e. The maximum Gasteiger partial charge on any atom is 0.243 e. The Bertz CT molecular complexity index is 1150. The van der Waals surface area contributed by atoms with Crippen molar-refractivity contribution in [3.8, 4) is 5.75 Å². The van der Waals surface area contributed by atoms with Gasteiger partial charge < -0.3 is 10.1 Å². The molecule has 1 atom stereocenters. The molecule has 0 saturated heterocycles. The molecule has 1 amide bonds. The predicted octanol–water partition coefficient (Wildman–Crippen LogP) is 2.46. The number of carbonyl (C=O) groups excluding carboxylic acids is 1. The third kappa shape index (κ3) is 5.84. The van der Waals surface area contributed by atoms with Crippen LogP contribution in [-0.2, 0) is 28.3 Å². The predicted molar refractivity (Wildman–Crippen MR) is 117 cm³/mol. The molecule has 8 nitrogen and oxygen atoms in total. The Morgan fingerprint density at radius 2 is 1.94 bits per heavy atom. The molecule has 2 aromatic carbocycles. The van der Waals surface area contributed by atoms with Gasteiger partial charge in [0.05, 0.1) is 25.8 Å². The molecular weight excluding hydrogens is 440 g/mol. The summed E-state index contributed by atoms with van der Waals surface area (Å²) in [6.07, 6.45) is 2.66. The summed E-state index contributed by atoms with van der Waals surface area (Å²) < 4.78 is 34.4. The Kier molecular flexibility index (Phi) is 7.32. The topological polar surface area (TPSA) is 102 Å². The fourth-order valence-corrected chi connectivity index (χ4v) is 4.32. The van der Waals surface area contributed by atoms with Crippen molar-refractivity contribution in [3.63, 3.8) is 0 Å². The second-order valence-corrected chi connectivity index (χ2v) is 9.00. The lowest BCUT2D eigenvalue weighted by Gasteiger charge is -2.20. The SMILES string of the molecule is COc1cccc(Cl)c1CC(=O)NC(CNS(=O)(=O)c1cnn(C)c1)c1ccccc1. The van der Waals surface area contributed by atoms with Crippen LogP contribution in [0.1, 0.15) is 17.2 Å². The molecule has 0 fully saturated rings. The van der Waals surface area contributed by atoms with E-state index in [1.165, 1.54) is 24.2 Å². The maximum absolute atomic E-state index is 12.8. The van der Waals surface area contributed by atoms with Gasteiger partial charge in [-0.15, -0.1) is 0 Å². The number of hydrogen-bond donors (Lipinski definition) is 2. The molecule has 0 spiro atoms. The fraction of sp³-hybridized carbons (Fsp3) is 0.238. The van der Waals surface area contributed by atoms with E-state index in [4.69, 9.17) is 16.3 Å². The van der Waals surface area contributed by atoms with Crippen molar-refractivity contribution in [2.45, 2.75) is 17.4 Å². The van der Waals surface area contributed by atoms with Crippen molar-refractivity contribution >= 4 is 27.5 Å². The number of rotatable bonds is 9. The number of aromatic nitrogens is 2. The summed E-state index contributed by atoms with van der Waals surface area (Å²) in [5.74, 6) is 0.192. The van der Waals surface area contributed by atoms with Crippen LogP contribution < -0.4 is 14.8 Å². The molecule has 31 heavy (non-hydrogen) atoms. The summed E-state index contributed by atoms with van der Waals surface area (Å²) in [4.78, 5) is 12.8. The average molecular weight is 463 g/mol. The Morgan fingerprint density at radius 3 is 2.58 bits per heavy atom. The number of benzene rings is 2. The fourth-order valence-electron chi connectivity index (χ4n) is 3.06. The van der Waals surface area contributed by atoms with Crippen LogP contribution in [0.5, 0.6) is 5.75 Å². The van der Waals surface area contributed by atoms with Crippen LogP contribution in [0.25, 0.3) is 0 Å². The van der Waals surface area contributed by atoms with Gasteiger partial charge in [0.15, 0.2) is 0 Å². The molecule has 0 saturated carbocycles. The van der Waals surface area contributed by atoms with Crippen LogP contribution in [0.4, 0.5) is 0 Å². The third-order valence-corrected chi connectivity index (χ3v) is 6.37. The van der Waals surface area contributed by atoms with E-state index in [9.17, 15) is 13.2 Å². The smallest absolute Gasteiger partial charge is 0.243 e. The maximum atomic E-state index is 12.8. The number of halogens is 1. The van der Waals surface area contributed by atoms with Gasteiger partial charge in [-0.1, -0.05) is 48.0 Å². The Morgan fingerprint density at radius 1 is 1.19 bits per heavy atom. The number of amides is 1. The highest BCUT2D eigenvalue weighted by Gasteiger charge is 2.22. The molecular formula is C21H23ClN4O4S. The first-order valence-corrected chi connectivity index (χ1v) is 11.3. The van der Waals surface area contributed by atoms with Crippen molar-refractivity contribution < 1.29 is 17.9 Å². The zero-order valence-corrected chi connectivity index (χ0v) is 18.7. The zero-order valence-electron chi connectivity index (χ0n) is 17.1. The third-order valence-electron chi connectivity index (χ3n) is 4.64. The molecule has 3 rings (SSSR count). The summed E-state index contributed by atoms with van der Waals surface area (Å²) in [7, 11) is -0.639. The molecule has 1 aromatic heterocycles. The van der Waals surface area contributed by atoms with Gasteiger partial charge in [0.25, 0.3) is 0 Å². The summed E-state index contributed by atoms with van der Waals surface area (Å²) in [5, 5.41) is 7.20. The van der Waals surface area contributed by atoms with Crippen LogP contribution >= 0.6 is 11.6 Å². The Hall–Kier alpha value is -2.88. The summed E-state index contributed by atoms with van der Waals surface area (Å²) in [6, 6.07) is 13.7. The first-order valence-electron chi connectivity index (χ1n) is 9.44. The Labute approximate surface area is 186 Å². The quantitative estimate of drug-likeness (QED) is 0.508. The van der Waals surface area contributed by atoms with Gasteiger partial charge >= 0.3 is 0 Å². The van der Waals surface area contributed by atoms with Gasteiger partial charge in [0.2, 0.25) is 15.9 Å². The number of aryl methyl sites for hydroxylation is 1. The second kappa shape index (κ2) is 9.95. The van der Waals surface area contributed by atoms with E-state index in [-0.39, 0.29) is 23.8 Å². The first-order chi connectivity index (χ1) is 14.8. The molecule has 3 aromatic rings. The van der Waals surface area contributed by atoms with Gasteiger partial charge in [-0.3, -0.25) is 9.48 Å². The van der Waals surface area contributed by atoms with Crippen molar-refractivity contribution in [2.24, 2.45) is 7.05 Å². The van der Waals surface area contributed by atoms with Crippen molar-refractivity contribution in [2.75, 3.05) is 13.7 Å². The molecule has 10 heteroatoms. The van der Waals surface area contributed by atoms with Crippen LogP contribution in [0.2, 0.25) is 5.02 Å². The monoisotopic (exact) mass is 462 g/mol. The number of hydrogen-bond acceptors (Lipinski definition) is 5. The molecule has 1 heterocycles. The largest absolute Gasteiger partial charge is 0.496 e. The van der Waals surface area contributed by atoms with Crippen LogP contribution in [0.3, 0.4) is 0 Å². The van der Waals surface area contributed by atoms with Crippen LogP contribution in [0, 0.1) is 0 Å². The van der Waals surface area contributed by atoms with Gasteiger partial charge in [0, 0.05) is 30.4 Å². The van der Waals surface area contributed by atoms with Gasteiger partial charge in [0.1, 0.15) is 10.6 Å². The standard InChI is InChI=1S/C21H23ClN4O4S/c1-26-14-16(12-23-26)31(28,29)24-13-19(15-7-4-3-5-8-15)25-21(27)11-17-18(22)9-6-10-20(17)30-2/h3-10,12,14,19,24H,11,13H2,1-2H3,(H,25,27). The lowest BCUT2D eigenvalue weighted by Crippen LogP contribution is -2.38. The molecule has 164 valence electrons. The van der Waals surface area contributed by atoms with Crippen LogP contribution in [0.15, 0.2) is 65.8 Å². The van der Waals surface area contributed by atoms with Crippen molar-refractivity contribution in [1.29, 1.82) is 0 Å². The van der Waals surface area contributed by atoms with E-state index >= 15 is 0 Å². The summed E-state index contributed by atoms with van der Waals surface area (Å²) >= 11 is 6.24. The minimum atomic E-state index is -3.78. The van der Waals surface area contributed by atoms with E-state index in [0.717, 1.165) is 5.56 Å². The number of carbonyl (C=O) groups is 1. The number of ether oxygens (including phenoxy) is 1. The minimum absolute atomic E-state index is 0.0124. The second-order valence-electron chi connectivity index (χ2n) is 6.83. The molecule has 0 radical (unpaired) electrons. The van der Waals surface area contributed by atoms with E-state index in [1.54, 1.807) is 25.2 Å². The van der Waals surface area contributed by atoms with Crippen molar-refractivity contribution in [1.82, 2.24) is 19.8 Å². The van der Waals surface area contributed by atoms with E-state index in [1.807, 2.05) is 30.3 Å². The van der Waals surface area contributed by atoms with E-state index < -0.39 is 16.1 Å². The molecule has 0 bridgehead atoms. The first kappa shape index (κ1) is 22.8. The van der Waals surface area contributed by atoms with Gasteiger partial charge in [-0.05, 0) is 17.7 Å². The number of nitrogens with one attached hydrogen (secondary N) is 2. The number of methoxy groups -OCH3 is 1. The normalized spacial score (nSPS) is 12.4. The van der Waals surface area contributed by atoms with E-state index in [2.05, 4.69) is 15.1 Å². The summed E-state index contributed by atoms with van der Waals surface area (Å²) in [5.41, 5.74) is 1.32. The highest BCUT2D eigenvalue weighted by molar-refractivity contribution is 7.89. The molecule has 2 N–H and O–H groups in total. The lowest BCUT2D eigenvalue weighted by molar-refractivity contribution is -0.121. The molecule has 0 aliphatic rings. The van der Waals surface area contributed by atoms with E-state index in [0.29, 0.717) is 16.3 Å². The molecule has 0 aliphatic carbocycles. The summed E-state index contributed by atoms with van der Waals surface area (Å²) in [6.45, 7) is -0.0351. The van der Waals surface area contributed by atoms with Gasteiger partial charge in [-0.2, -0.15) is 5.10 Å². The highest BCUT2D eigenvalue weighted by Crippen LogP contribution is 2.27. The zero-order chi connectivity index (χ0) is 22.4. The van der Waals surface area contributed by atoms with Gasteiger partial charge in [-0.25, -0.2) is 13.1 Å². The Balaban J connectivity index is 1.76.